The lowest BCUT2D eigenvalue weighted by Gasteiger charge is -2.18. The van der Waals surface area contributed by atoms with E-state index in [1.165, 1.54) is 7.11 Å². The first-order chi connectivity index (χ1) is 15.9. The van der Waals surface area contributed by atoms with Gasteiger partial charge < -0.3 is 15.4 Å². The van der Waals surface area contributed by atoms with Crippen LogP contribution < -0.4 is 20.3 Å². The molecule has 0 bridgehead atoms. The van der Waals surface area contributed by atoms with Crippen molar-refractivity contribution in [3.63, 3.8) is 0 Å². The van der Waals surface area contributed by atoms with Gasteiger partial charge in [-0.05, 0) is 77.2 Å². The summed E-state index contributed by atoms with van der Waals surface area (Å²) in [6.07, 6.45) is 0. The number of ether oxygens (including phenoxy) is 1. The highest BCUT2D eigenvalue weighted by molar-refractivity contribution is 14.1. The number of hydrogen-bond acceptors (Lipinski definition) is 5. The van der Waals surface area contributed by atoms with E-state index in [1.54, 1.807) is 48.5 Å². The molecule has 1 aliphatic heterocycles. The molecule has 3 aromatic carbocycles. The number of nitrogens with one attached hydrogen (secondary N) is 2. The van der Waals surface area contributed by atoms with Crippen LogP contribution in [0.1, 0.15) is 10.4 Å². The van der Waals surface area contributed by atoms with Crippen molar-refractivity contribution in [2.75, 3.05) is 22.6 Å². The van der Waals surface area contributed by atoms with Crippen LogP contribution in [-0.4, -0.2) is 24.8 Å². The molecule has 0 saturated carbocycles. The Hall–Kier alpha value is -3.37. The highest BCUT2D eigenvalue weighted by Crippen LogP contribution is 2.35. The molecule has 3 amide bonds. The topological polar surface area (TPSA) is 87.7 Å². The maximum absolute atomic E-state index is 13.1. The molecule has 166 valence electrons. The molecule has 3 aromatic rings. The van der Waals surface area contributed by atoms with Crippen molar-refractivity contribution in [3.05, 3.63) is 92.7 Å². The van der Waals surface area contributed by atoms with Crippen molar-refractivity contribution in [3.8, 4) is 5.75 Å². The van der Waals surface area contributed by atoms with Crippen LogP contribution in [0.2, 0.25) is 0 Å². The first kappa shape index (κ1) is 22.8. The molecule has 0 aromatic heterocycles. The maximum atomic E-state index is 13.1. The number of amides is 3. The van der Waals surface area contributed by atoms with Crippen LogP contribution in [-0.2, 0) is 9.59 Å². The zero-order chi connectivity index (χ0) is 23.5. The number of anilines is 3. The predicted molar refractivity (Wildman–Crippen MR) is 136 cm³/mol. The predicted octanol–water partition coefficient (Wildman–Crippen LogP) is 4.99. The van der Waals surface area contributed by atoms with Gasteiger partial charge in [0.25, 0.3) is 17.7 Å². The third-order valence-electron chi connectivity index (χ3n) is 4.85. The monoisotopic (exact) mass is 573 g/mol. The number of para-hydroxylation sites is 2. The van der Waals surface area contributed by atoms with E-state index in [2.05, 4.69) is 33.2 Å². The Kier molecular flexibility index (Phi) is 6.66. The summed E-state index contributed by atoms with van der Waals surface area (Å²) in [5.41, 5.74) is 1.67. The first-order valence-electron chi connectivity index (χ1n) is 9.74. The smallest absolute Gasteiger partial charge is 0.283 e. The number of nitrogens with zero attached hydrogens (tertiary/aromatic N) is 1. The van der Waals surface area contributed by atoms with Crippen LogP contribution in [0.25, 0.3) is 0 Å². The largest absolute Gasteiger partial charge is 0.495 e. The van der Waals surface area contributed by atoms with Crippen molar-refractivity contribution < 1.29 is 19.1 Å². The molecule has 1 heterocycles. The number of imide groups is 1. The Morgan fingerprint density at radius 3 is 2.39 bits per heavy atom. The average molecular weight is 574 g/mol. The summed E-state index contributed by atoms with van der Waals surface area (Å²) in [6.45, 7) is 0. The summed E-state index contributed by atoms with van der Waals surface area (Å²) < 4.78 is 6.32. The van der Waals surface area contributed by atoms with Gasteiger partial charge in [-0.15, -0.1) is 0 Å². The highest BCUT2D eigenvalue weighted by atomic mass is 127. The summed E-state index contributed by atoms with van der Waals surface area (Å²) in [6, 6.07) is 20.6. The van der Waals surface area contributed by atoms with Crippen LogP contribution >= 0.6 is 34.2 Å². The number of hydrogen-bond donors (Lipinski definition) is 2. The number of benzene rings is 3. The summed E-state index contributed by atoms with van der Waals surface area (Å²) >= 11 is 8.41. The Balaban J connectivity index is 1.55. The van der Waals surface area contributed by atoms with Crippen molar-refractivity contribution in [2.45, 2.75) is 0 Å². The number of methoxy groups -OCH3 is 1. The molecule has 0 fully saturated rings. The van der Waals surface area contributed by atoms with E-state index in [1.807, 2.05) is 24.3 Å². The van der Waals surface area contributed by atoms with Crippen LogP contribution in [0.15, 0.2) is 83.5 Å². The summed E-state index contributed by atoms with van der Waals surface area (Å²) in [4.78, 5) is 39.4. The minimum absolute atomic E-state index is 0.0808. The molecule has 33 heavy (non-hydrogen) atoms. The van der Waals surface area contributed by atoms with Gasteiger partial charge in [0.1, 0.15) is 16.5 Å². The van der Waals surface area contributed by atoms with Crippen LogP contribution in [0, 0.1) is 3.57 Å². The highest BCUT2D eigenvalue weighted by Gasteiger charge is 2.40. The Bertz CT molecular complexity index is 1290. The fraction of sp³-hybridized carbons (Fsp3) is 0.0417. The molecule has 0 spiro atoms. The molecule has 0 saturated heterocycles. The second kappa shape index (κ2) is 9.63. The second-order valence-corrected chi connectivity index (χ2v) is 8.60. The maximum Gasteiger partial charge on any atom is 0.283 e. The van der Waals surface area contributed by atoms with Gasteiger partial charge in [0.2, 0.25) is 0 Å². The van der Waals surface area contributed by atoms with Crippen molar-refractivity contribution in [1.29, 1.82) is 0 Å². The lowest BCUT2D eigenvalue weighted by atomic mass is 10.1. The van der Waals surface area contributed by atoms with Gasteiger partial charge in [-0.25, -0.2) is 4.90 Å². The van der Waals surface area contributed by atoms with E-state index in [4.69, 9.17) is 16.3 Å². The SMILES string of the molecule is COc1ccccc1N1C(=O)C(Cl)=C(Nc2cccc(C(=O)Nc3ccc(I)cc3)c2)C1=O. The minimum Gasteiger partial charge on any atom is -0.495 e. The Morgan fingerprint density at radius 1 is 0.939 bits per heavy atom. The van der Waals surface area contributed by atoms with Crippen molar-refractivity contribution in [2.24, 2.45) is 0 Å². The van der Waals surface area contributed by atoms with Crippen LogP contribution in [0.5, 0.6) is 5.75 Å². The molecule has 0 aliphatic carbocycles. The van der Waals surface area contributed by atoms with Crippen LogP contribution in [0.3, 0.4) is 0 Å². The lowest BCUT2D eigenvalue weighted by molar-refractivity contribution is -0.120. The van der Waals surface area contributed by atoms with Gasteiger partial charge in [0.05, 0.1) is 12.8 Å². The number of carbonyl (C=O) groups is 3. The zero-order valence-corrected chi connectivity index (χ0v) is 20.2. The fourth-order valence-electron chi connectivity index (χ4n) is 3.26. The minimum atomic E-state index is -0.665. The normalized spacial score (nSPS) is 13.4. The third-order valence-corrected chi connectivity index (χ3v) is 5.92. The Morgan fingerprint density at radius 2 is 1.67 bits per heavy atom. The molecule has 0 unspecified atom stereocenters. The van der Waals surface area contributed by atoms with Gasteiger partial charge in [-0.2, -0.15) is 0 Å². The van der Waals surface area contributed by atoms with E-state index < -0.39 is 11.8 Å². The lowest BCUT2D eigenvalue weighted by Crippen LogP contribution is -2.32. The van der Waals surface area contributed by atoms with Gasteiger partial charge in [-0.1, -0.05) is 29.8 Å². The van der Waals surface area contributed by atoms with Crippen LogP contribution in [0.4, 0.5) is 17.1 Å². The molecule has 7 nitrogen and oxygen atoms in total. The van der Waals surface area contributed by atoms with Crippen molar-refractivity contribution in [1.82, 2.24) is 0 Å². The van der Waals surface area contributed by atoms with Gasteiger partial charge in [-0.3, -0.25) is 14.4 Å². The third kappa shape index (κ3) is 4.71. The first-order valence-corrected chi connectivity index (χ1v) is 11.2. The standard InChI is InChI=1S/C24H17ClIN3O4/c1-33-19-8-3-2-7-18(19)29-23(31)20(25)21(24(29)32)27-17-6-4-5-14(13-17)22(30)28-16-11-9-15(26)10-12-16/h2-13,27H,1H3,(H,28,30). The fourth-order valence-corrected chi connectivity index (χ4v) is 3.84. The molecular formula is C24H17ClIN3O4. The van der Waals surface area contributed by atoms with E-state index in [0.29, 0.717) is 22.7 Å². The molecule has 1 aliphatic rings. The molecule has 4 rings (SSSR count). The molecule has 2 N–H and O–H groups in total. The van der Waals surface area contributed by atoms with E-state index in [0.717, 1.165) is 8.47 Å². The van der Waals surface area contributed by atoms with E-state index in [-0.39, 0.29) is 22.3 Å². The van der Waals surface area contributed by atoms with Gasteiger partial charge >= 0.3 is 0 Å². The summed E-state index contributed by atoms with van der Waals surface area (Å²) in [5, 5.41) is 5.46. The second-order valence-electron chi connectivity index (χ2n) is 6.97. The van der Waals surface area contributed by atoms with Gasteiger partial charge in [0.15, 0.2) is 0 Å². The number of carbonyl (C=O) groups excluding carboxylic acids is 3. The number of halogens is 2. The molecular weight excluding hydrogens is 557 g/mol. The molecule has 9 heteroatoms. The molecule has 0 atom stereocenters. The zero-order valence-electron chi connectivity index (χ0n) is 17.3. The summed E-state index contributed by atoms with van der Waals surface area (Å²) in [5.74, 6) is -1.24. The van der Waals surface area contributed by atoms with E-state index >= 15 is 0 Å². The van der Waals surface area contributed by atoms with Gasteiger partial charge in [0, 0.05) is 20.5 Å². The molecule has 0 radical (unpaired) electrons. The average Bonchev–Trinajstić information content (AvgIpc) is 3.03. The van der Waals surface area contributed by atoms with E-state index in [9.17, 15) is 14.4 Å². The quantitative estimate of drug-likeness (QED) is 0.321. The number of rotatable bonds is 6. The van der Waals surface area contributed by atoms with Crippen molar-refractivity contribution >= 4 is 69.0 Å². The summed E-state index contributed by atoms with van der Waals surface area (Å²) in [7, 11) is 1.45. The Labute approximate surface area is 208 Å².